The minimum absolute atomic E-state index is 0.207. The van der Waals surface area contributed by atoms with Crippen molar-refractivity contribution in [2.24, 2.45) is 0 Å². The van der Waals surface area contributed by atoms with E-state index in [2.05, 4.69) is 9.47 Å². The van der Waals surface area contributed by atoms with Gasteiger partial charge < -0.3 is 14.0 Å². The van der Waals surface area contributed by atoms with Gasteiger partial charge in [0.25, 0.3) is 0 Å². The Morgan fingerprint density at radius 2 is 1.45 bits per heavy atom. The number of methoxy groups -OCH3 is 2. The number of aromatic nitrogens is 1. The summed E-state index contributed by atoms with van der Waals surface area (Å²) in [4.78, 5) is 35.6. The highest BCUT2D eigenvalue weighted by molar-refractivity contribution is 5.94. The van der Waals surface area contributed by atoms with Gasteiger partial charge in [-0.25, -0.2) is 9.59 Å². The van der Waals surface area contributed by atoms with Crippen LogP contribution in [0.5, 0.6) is 0 Å². The van der Waals surface area contributed by atoms with Crippen molar-refractivity contribution in [3.63, 3.8) is 0 Å². The Balaban J connectivity index is 2.52. The zero-order chi connectivity index (χ0) is 16.1. The predicted octanol–water partition coefficient (Wildman–Crippen LogP) is 1.47. The van der Waals surface area contributed by atoms with E-state index in [1.807, 2.05) is 30.3 Å². The van der Waals surface area contributed by atoms with E-state index < -0.39 is 17.4 Å². The third-order valence-corrected chi connectivity index (χ3v) is 3.10. The molecule has 1 heterocycles. The van der Waals surface area contributed by atoms with Crippen molar-refractivity contribution >= 4 is 11.9 Å². The summed E-state index contributed by atoms with van der Waals surface area (Å²) in [5, 5.41) is 0. The lowest BCUT2D eigenvalue weighted by Gasteiger charge is -2.10. The van der Waals surface area contributed by atoms with Crippen LogP contribution < -0.4 is 5.43 Å². The van der Waals surface area contributed by atoms with Crippen LogP contribution in [0.3, 0.4) is 0 Å². The second-order valence-corrected chi connectivity index (χ2v) is 4.56. The molecule has 0 unspecified atom stereocenters. The van der Waals surface area contributed by atoms with Crippen molar-refractivity contribution in [3.05, 3.63) is 69.6 Å². The molecule has 0 aliphatic heterocycles. The molecule has 0 fully saturated rings. The van der Waals surface area contributed by atoms with Crippen LogP contribution in [0.15, 0.2) is 47.5 Å². The topological polar surface area (TPSA) is 74.6 Å². The molecule has 1 aromatic heterocycles. The summed E-state index contributed by atoms with van der Waals surface area (Å²) in [6, 6.07) is 9.43. The predicted molar refractivity (Wildman–Crippen MR) is 78.9 cm³/mol. The number of carbonyl (C=O) groups excluding carboxylic acids is 2. The Hall–Kier alpha value is -2.89. The van der Waals surface area contributed by atoms with E-state index in [1.165, 1.54) is 26.6 Å². The van der Waals surface area contributed by atoms with Gasteiger partial charge in [-0.3, -0.25) is 4.79 Å². The van der Waals surface area contributed by atoms with Crippen molar-refractivity contribution in [2.45, 2.75) is 6.54 Å². The minimum Gasteiger partial charge on any atom is -0.465 e. The maximum Gasteiger partial charge on any atom is 0.343 e. The van der Waals surface area contributed by atoms with E-state index in [-0.39, 0.29) is 11.1 Å². The molecule has 2 aromatic rings. The number of pyridine rings is 1. The van der Waals surface area contributed by atoms with Gasteiger partial charge in [-0.15, -0.1) is 0 Å². The molecule has 0 aliphatic carbocycles. The highest BCUT2D eigenvalue weighted by atomic mass is 16.5. The van der Waals surface area contributed by atoms with Crippen molar-refractivity contribution in [3.8, 4) is 0 Å². The van der Waals surface area contributed by atoms with Gasteiger partial charge in [-0.05, 0) is 5.56 Å². The van der Waals surface area contributed by atoms with E-state index in [0.717, 1.165) is 5.56 Å². The lowest BCUT2D eigenvalue weighted by molar-refractivity contribution is 0.0594. The van der Waals surface area contributed by atoms with E-state index in [1.54, 1.807) is 4.57 Å². The highest BCUT2D eigenvalue weighted by Gasteiger charge is 2.20. The first-order valence-corrected chi connectivity index (χ1v) is 6.51. The van der Waals surface area contributed by atoms with Crippen LogP contribution in [-0.4, -0.2) is 30.7 Å². The first-order chi connectivity index (χ1) is 10.6. The van der Waals surface area contributed by atoms with Crippen molar-refractivity contribution < 1.29 is 19.1 Å². The number of nitrogens with zero attached hydrogens (tertiary/aromatic N) is 1. The highest BCUT2D eigenvalue weighted by Crippen LogP contribution is 2.06. The molecule has 0 aliphatic rings. The maximum absolute atomic E-state index is 12.2. The molecular weight excluding hydrogens is 286 g/mol. The summed E-state index contributed by atoms with van der Waals surface area (Å²) in [7, 11) is 2.35. The molecule has 0 bridgehead atoms. The van der Waals surface area contributed by atoms with Crippen molar-refractivity contribution in [2.75, 3.05) is 14.2 Å². The summed E-state index contributed by atoms with van der Waals surface area (Å²) < 4.78 is 10.8. The number of esters is 2. The van der Waals surface area contributed by atoms with Crippen molar-refractivity contribution in [1.29, 1.82) is 0 Å². The van der Waals surface area contributed by atoms with Gasteiger partial charge in [0, 0.05) is 18.9 Å². The van der Waals surface area contributed by atoms with E-state index in [4.69, 9.17) is 0 Å². The molecule has 0 saturated heterocycles. The number of hydrogen-bond donors (Lipinski definition) is 0. The van der Waals surface area contributed by atoms with Gasteiger partial charge in [0.05, 0.1) is 14.2 Å². The Labute approximate surface area is 126 Å². The SMILES string of the molecule is COC(=O)c1cn(Cc2ccccc2)cc(C(=O)OC)c1=O. The Kier molecular flexibility index (Phi) is 4.73. The summed E-state index contributed by atoms with van der Waals surface area (Å²) >= 11 is 0. The Morgan fingerprint density at radius 1 is 0.955 bits per heavy atom. The summed E-state index contributed by atoms with van der Waals surface area (Å²) in [5.74, 6) is -1.59. The quantitative estimate of drug-likeness (QED) is 0.799. The summed E-state index contributed by atoms with van der Waals surface area (Å²) in [6.07, 6.45) is 2.74. The van der Waals surface area contributed by atoms with Crippen LogP contribution in [-0.2, 0) is 16.0 Å². The molecule has 0 amide bonds. The normalized spacial score (nSPS) is 10.1. The third-order valence-electron chi connectivity index (χ3n) is 3.10. The smallest absolute Gasteiger partial charge is 0.343 e. The first-order valence-electron chi connectivity index (χ1n) is 6.51. The second kappa shape index (κ2) is 6.71. The first kappa shape index (κ1) is 15.5. The standard InChI is InChI=1S/C16H15NO5/c1-21-15(19)12-9-17(8-11-6-4-3-5-7-11)10-13(14(12)18)16(20)22-2/h3-7,9-10H,8H2,1-2H3. The van der Waals surface area contributed by atoms with Crippen molar-refractivity contribution in [1.82, 2.24) is 4.57 Å². The molecule has 0 atom stereocenters. The molecule has 0 N–H and O–H groups in total. The molecule has 0 spiro atoms. The lowest BCUT2D eigenvalue weighted by atomic mass is 10.1. The fourth-order valence-electron chi connectivity index (χ4n) is 2.03. The largest absolute Gasteiger partial charge is 0.465 e. The van der Waals surface area contributed by atoms with Crippen LogP contribution in [0.4, 0.5) is 0 Å². The number of rotatable bonds is 4. The summed E-state index contributed by atoms with van der Waals surface area (Å²) in [6.45, 7) is 0.398. The van der Waals surface area contributed by atoms with E-state index in [0.29, 0.717) is 6.54 Å². The molecule has 2 rings (SSSR count). The fraction of sp³-hybridized carbons (Fsp3) is 0.188. The fourth-order valence-corrected chi connectivity index (χ4v) is 2.03. The third kappa shape index (κ3) is 3.22. The van der Waals surface area contributed by atoms with Gasteiger partial charge in [-0.1, -0.05) is 30.3 Å². The number of benzene rings is 1. The molecule has 0 saturated carbocycles. The van der Waals surface area contributed by atoms with Crippen LogP contribution in [0.1, 0.15) is 26.3 Å². The van der Waals surface area contributed by atoms with Crippen LogP contribution in [0, 0.1) is 0 Å². The van der Waals surface area contributed by atoms with E-state index >= 15 is 0 Å². The Bertz CT molecular complexity index is 709. The van der Waals surface area contributed by atoms with Crippen LogP contribution in [0.25, 0.3) is 0 Å². The van der Waals surface area contributed by atoms with Gasteiger partial charge in [0.15, 0.2) is 0 Å². The average molecular weight is 301 g/mol. The zero-order valence-corrected chi connectivity index (χ0v) is 12.2. The second-order valence-electron chi connectivity index (χ2n) is 4.56. The molecule has 114 valence electrons. The zero-order valence-electron chi connectivity index (χ0n) is 12.2. The number of ether oxygens (including phenoxy) is 2. The molecule has 0 radical (unpaired) electrons. The number of hydrogen-bond acceptors (Lipinski definition) is 5. The van der Waals surface area contributed by atoms with E-state index in [9.17, 15) is 14.4 Å². The molecule has 22 heavy (non-hydrogen) atoms. The van der Waals surface area contributed by atoms with Gasteiger partial charge in [0.2, 0.25) is 5.43 Å². The van der Waals surface area contributed by atoms with Crippen LogP contribution >= 0.6 is 0 Å². The van der Waals surface area contributed by atoms with Gasteiger partial charge in [0.1, 0.15) is 11.1 Å². The maximum atomic E-state index is 12.2. The summed E-state index contributed by atoms with van der Waals surface area (Å²) in [5.41, 5.74) is -0.163. The molecule has 6 heteroatoms. The van der Waals surface area contributed by atoms with Gasteiger partial charge in [-0.2, -0.15) is 0 Å². The molecule has 6 nitrogen and oxygen atoms in total. The number of carbonyl (C=O) groups is 2. The molecule has 1 aromatic carbocycles. The monoisotopic (exact) mass is 301 g/mol. The minimum atomic E-state index is -0.794. The van der Waals surface area contributed by atoms with Crippen LogP contribution in [0.2, 0.25) is 0 Å². The molecular formula is C16H15NO5. The van der Waals surface area contributed by atoms with Gasteiger partial charge >= 0.3 is 11.9 Å². The lowest BCUT2D eigenvalue weighted by Crippen LogP contribution is -2.26. The average Bonchev–Trinajstić information content (AvgIpc) is 2.55. The Morgan fingerprint density at radius 3 is 1.91 bits per heavy atom.